The van der Waals surface area contributed by atoms with Crippen molar-refractivity contribution in [1.29, 1.82) is 0 Å². The monoisotopic (exact) mass is 416 g/mol. The Balaban J connectivity index is 1.61. The minimum Gasteiger partial charge on any atom is -0.313 e. The van der Waals surface area contributed by atoms with Crippen molar-refractivity contribution in [3.8, 4) is 0 Å². The third-order valence-corrected chi connectivity index (χ3v) is 7.96. The summed E-state index contributed by atoms with van der Waals surface area (Å²) >= 11 is 0. The Morgan fingerprint density at radius 3 is 2.66 bits per heavy atom. The highest BCUT2D eigenvalue weighted by atomic mass is 32.2. The van der Waals surface area contributed by atoms with Crippen LogP contribution < -0.4 is 0 Å². The molecule has 1 aromatic heterocycles. The highest BCUT2D eigenvalue weighted by Gasteiger charge is 2.31. The molecule has 0 spiro atoms. The smallest absolute Gasteiger partial charge is 0.228 e. The van der Waals surface area contributed by atoms with Crippen LogP contribution in [0.4, 0.5) is 0 Å². The van der Waals surface area contributed by atoms with Crippen LogP contribution in [0.25, 0.3) is 0 Å². The van der Waals surface area contributed by atoms with Crippen molar-refractivity contribution in [2.75, 3.05) is 31.9 Å². The molecule has 0 amide bonds. The molecule has 7 heteroatoms. The topological polar surface area (TPSA) is 58.4 Å². The maximum atomic E-state index is 13.0. The van der Waals surface area contributed by atoms with E-state index in [4.69, 9.17) is 0 Å². The summed E-state index contributed by atoms with van der Waals surface area (Å²) in [6, 6.07) is 10.7. The van der Waals surface area contributed by atoms with Crippen molar-refractivity contribution >= 4 is 9.84 Å². The first-order valence-electron chi connectivity index (χ1n) is 10.7. The van der Waals surface area contributed by atoms with Crippen molar-refractivity contribution in [2.24, 2.45) is 5.92 Å². The first kappa shape index (κ1) is 20.6. The summed E-state index contributed by atoms with van der Waals surface area (Å²) in [5.74, 6) is 0.194. The number of aromatic nitrogens is 2. The van der Waals surface area contributed by atoms with E-state index in [2.05, 4.69) is 14.8 Å². The van der Waals surface area contributed by atoms with Gasteiger partial charge in [-0.1, -0.05) is 44.2 Å². The zero-order chi connectivity index (χ0) is 20.4. The van der Waals surface area contributed by atoms with Gasteiger partial charge in [0.15, 0.2) is 0 Å². The molecule has 2 saturated heterocycles. The zero-order valence-corrected chi connectivity index (χ0v) is 18.3. The van der Waals surface area contributed by atoms with Crippen LogP contribution in [0.1, 0.15) is 37.9 Å². The van der Waals surface area contributed by atoms with Gasteiger partial charge in [0.2, 0.25) is 15.0 Å². The predicted octanol–water partition coefficient (Wildman–Crippen LogP) is 2.64. The Bertz CT molecular complexity index is 924. The molecule has 6 nitrogen and oxygen atoms in total. The van der Waals surface area contributed by atoms with Crippen molar-refractivity contribution < 1.29 is 8.42 Å². The van der Waals surface area contributed by atoms with Crippen molar-refractivity contribution in [3.63, 3.8) is 0 Å². The van der Waals surface area contributed by atoms with Crippen LogP contribution in [0.5, 0.6) is 0 Å². The Morgan fingerprint density at radius 1 is 1.10 bits per heavy atom. The van der Waals surface area contributed by atoms with Crippen LogP contribution in [0, 0.1) is 5.92 Å². The second-order valence-electron chi connectivity index (χ2n) is 8.85. The fourth-order valence-corrected chi connectivity index (χ4v) is 6.40. The summed E-state index contributed by atoms with van der Waals surface area (Å²) in [6.07, 6.45) is 4.34. The number of hydrogen-bond acceptors (Lipinski definition) is 5. The lowest BCUT2D eigenvalue weighted by atomic mass is 10.1. The SMILES string of the molecule is CC(C)CS(=O)(=O)c1ncc(CN2CCN3CCC[C@H]3C2)n1Cc1ccccc1. The lowest BCUT2D eigenvalue weighted by Crippen LogP contribution is -2.49. The average Bonchev–Trinajstić information content (AvgIpc) is 3.29. The van der Waals surface area contributed by atoms with Gasteiger partial charge in [-0.25, -0.2) is 13.4 Å². The van der Waals surface area contributed by atoms with E-state index in [9.17, 15) is 8.42 Å². The molecule has 2 aromatic rings. The molecule has 1 aromatic carbocycles. The fourth-order valence-electron chi connectivity index (χ4n) is 4.64. The number of fused-ring (bicyclic) bond motifs is 1. The molecular weight excluding hydrogens is 384 g/mol. The number of benzene rings is 1. The third kappa shape index (κ3) is 4.73. The number of imidazole rings is 1. The van der Waals surface area contributed by atoms with Crippen LogP contribution in [0.2, 0.25) is 0 Å². The molecule has 2 aliphatic heterocycles. The molecule has 0 radical (unpaired) electrons. The van der Waals surface area contributed by atoms with Crippen LogP contribution in [-0.2, 0) is 22.9 Å². The van der Waals surface area contributed by atoms with Gasteiger partial charge in [0.25, 0.3) is 0 Å². The Kier molecular flexibility index (Phi) is 6.08. The average molecular weight is 417 g/mol. The molecule has 0 unspecified atom stereocenters. The summed E-state index contributed by atoms with van der Waals surface area (Å²) < 4.78 is 27.9. The number of sulfone groups is 1. The van der Waals surface area contributed by atoms with E-state index in [-0.39, 0.29) is 16.8 Å². The van der Waals surface area contributed by atoms with Crippen LogP contribution in [0.15, 0.2) is 41.7 Å². The van der Waals surface area contributed by atoms with E-state index >= 15 is 0 Å². The first-order valence-corrected chi connectivity index (χ1v) is 12.3. The molecule has 0 saturated carbocycles. The second-order valence-corrected chi connectivity index (χ2v) is 10.8. The highest BCUT2D eigenvalue weighted by Crippen LogP contribution is 2.24. The number of hydrogen-bond donors (Lipinski definition) is 0. The minimum absolute atomic E-state index is 0.0702. The third-order valence-electron chi connectivity index (χ3n) is 5.97. The van der Waals surface area contributed by atoms with E-state index in [1.807, 2.05) is 48.7 Å². The second kappa shape index (κ2) is 8.58. The number of rotatable bonds is 7. The summed E-state index contributed by atoms with van der Waals surface area (Å²) in [4.78, 5) is 9.46. The summed E-state index contributed by atoms with van der Waals surface area (Å²) in [5.41, 5.74) is 2.08. The molecule has 1 atom stereocenters. The van der Waals surface area contributed by atoms with Gasteiger partial charge in [-0.15, -0.1) is 0 Å². The van der Waals surface area contributed by atoms with Crippen molar-refractivity contribution in [2.45, 2.75) is 51.0 Å². The Hall–Kier alpha value is -1.70. The molecule has 0 N–H and O–H groups in total. The van der Waals surface area contributed by atoms with E-state index in [0.29, 0.717) is 12.6 Å². The van der Waals surface area contributed by atoms with E-state index < -0.39 is 9.84 Å². The quantitative estimate of drug-likeness (QED) is 0.695. The summed E-state index contributed by atoms with van der Waals surface area (Å²) in [5, 5.41) is 0.213. The maximum Gasteiger partial charge on any atom is 0.228 e. The molecule has 0 bridgehead atoms. The molecule has 4 rings (SSSR count). The highest BCUT2D eigenvalue weighted by molar-refractivity contribution is 7.91. The lowest BCUT2D eigenvalue weighted by Gasteiger charge is -2.37. The van der Waals surface area contributed by atoms with Crippen molar-refractivity contribution in [3.05, 3.63) is 47.8 Å². The maximum absolute atomic E-state index is 13.0. The summed E-state index contributed by atoms with van der Waals surface area (Å²) in [7, 11) is -3.42. The molecule has 29 heavy (non-hydrogen) atoms. The molecule has 2 fully saturated rings. The summed E-state index contributed by atoms with van der Waals surface area (Å²) in [6.45, 7) is 9.57. The van der Waals surface area contributed by atoms with Crippen molar-refractivity contribution in [1.82, 2.24) is 19.4 Å². The molecule has 2 aliphatic rings. The molecule has 0 aliphatic carbocycles. The van der Waals surface area contributed by atoms with Gasteiger partial charge >= 0.3 is 0 Å². The van der Waals surface area contributed by atoms with Gasteiger partial charge < -0.3 is 4.57 Å². The molecule has 158 valence electrons. The number of nitrogens with zero attached hydrogens (tertiary/aromatic N) is 4. The van der Waals surface area contributed by atoms with Gasteiger partial charge in [0, 0.05) is 32.2 Å². The zero-order valence-electron chi connectivity index (χ0n) is 17.5. The van der Waals surface area contributed by atoms with Gasteiger partial charge in [-0.05, 0) is 30.9 Å². The largest absolute Gasteiger partial charge is 0.313 e. The minimum atomic E-state index is -3.42. The van der Waals surface area contributed by atoms with Crippen LogP contribution >= 0.6 is 0 Å². The Morgan fingerprint density at radius 2 is 1.90 bits per heavy atom. The van der Waals surface area contributed by atoms with Gasteiger partial charge in [-0.3, -0.25) is 9.80 Å². The molecule has 3 heterocycles. The van der Waals surface area contributed by atoms with E-state index in [0.717, 1.165) is 37.4 Å². The number of piperazine rings is 1. The first-order chi connectivity index (χ1) is 13.9. The Labute approximate surface area is 174 Å². The fraction of sp³-hybridized carbons (Fsp3) is 0.591. The van der Waals surface area contributed by atoms with E-state index in [1.165, 1.54) is 19.4 Å². The molecular formula is C22H32N4O2S. The van der Waals surface area contributed by atoms with Gasteiger partial charge in [0.05, 0.1) is 24.2 Å². The standard InChI is InChI=1S/C22H32N4O2S/c1-18(2)17-29(27,28)22-23-13-21(26(22)14-19-7-4-3-5-8-19)16-24-11-12-25-10-6-9-20(25)15-24/h3-5,7-8,13,18,20H,6,9-12,14-17H2,1-2H3/t20-/m0/s1. The van der Waals surface area contributed by atoms with Gasteiger partial charge in [-0.2, -0.15) is 0 Å². The normalized spacial score (nSPS) is 21.0. The van der Waals surface area contributed by atoms with E-state index in [1.54, 1.807) is 6.20 Å². The van der Waals surface area contributed by atoms with Gasteiger partial charge in [0.1, 0.15) is 0 Å². The van der Waals surface area contributed by atoms with Crippen LogP contribution in [-0.4, -0.2) is 65.7 Å². The van der Waals surface area contributed by atoms with Crippen LogP contribution in [0.3, 0.4) is 0 Å². The lowest BCUT2D eigenvalue weighted by molar-refractivity contribution is 0.0975. The predicted molar refractivity (Wildman–Crippen MR) is 115 cm³/mol.